The minimum absolute atomic E-state index is 0.0721. The Kier molecular flexibility index (Phi) is 5.84. The third-order valence-corrected chi connectivity index (χ3v) is 6.20. The first-order valence-corrected chi connectivity index (χ1v) is 10.5. The second-order valence-electron chi connectivity index (χ2n) is 7.01. The van der Waals surface area contributed by atoms with E-state index in [9.17, 15) is 4.79 Å². The van der Waals surface area contributed by atoms with Crippen LogP contribution in [0, 0.1) is 0 Å². The highest BCUT2D eigenvalue weighted by Gasteiger charge is 2.24. The van der Waals surface area contributed by atoms with Crippen LogP contribution in [0.3, 0.4) is 0 Å². The second kappa shape index (κ2) is 8.67. The molecule has 5 nitrogen and oxygen atoms in total. The highest BCUT2D eigenvalue weighted by Crippen LogP contribution is 2.25. The Morgan fingerprint density at radius 2 is 2.04 bits per heavy atom. The minimum atomic E-state index is 0.0721. The van der Waals surface area contributed by atoms with E-state index in [0.29, 0.717) is 19.4 Å². The Balaban J connectivity index is 1.32. The topological polar surface area (TPSA) is 58.4 Å². The van der Waals surface area contributed by atoms with E-state index in [0.717, 1.165) is 29.4 Å². The number of likely N-dealkylation sites (tertiary alicyclic amines) is 1. The number of aromatic nitrogens is 1. The van der Waals surface area contributed by atoms with E-state index in [4.69, 9.17) is 4.42 Å². The summed E-state index contributed by atoms with van der Waals surface area (Å²) >= 11 is 1.67. The summed E-state index contributed by atoms with van der Waals surface area (Å²) in [6, 6.07) is 12.1. The number of nitrogens with one attached hydrogen (secondary N) is 1. The zero-order valence-electron chi connectivity index (χ0n) is 15.4. The Hall–Kier alpha value is -2.18. The van der Waals surface area contributed by atoms with Gasteiger partial charge in [0.1, 0.15) is 5.76 Å². The van der Waals surface area contributed by atoms with Gasteiger partial charge in [-0.3, -0.25) is 9.69 Å². The molecular weight excluding hydrogens is 358 g/mol. The molecule has 0 spiro atoms. The highest BCUT2D eigenvalue weighted by atomic mass is 32.1. The Morgan fingerprint density at radius 3 is 2.81 bits per heavy atom. The normalized spacial score (nSPS) is 16.4. The molecule has 1 fully saturated rings. The number of aryl methyl sites for hydroxylation is 1. The van der Waals surface area contributed by atoms with Crippen molar-refractivity contribution >= 4 is 27.5 Å². The summed E-state index contributed by atoms with van der Waals surface area (Å²) in [5.41, 5.74) is 1.01. The van der Waals surface area contributed by atoms with Crippen molar-refractivity contribution in [3.63, 3.8) is 0 Å². The molecule has 1 atom stereocenters. The number of amides is 1. The van der Waals surface area contributed by atoms with Crippen molar-refractivity contribution in [1.29, 1.82) is 0 Å². The molecule has 6 heteroatoms. The molecule has 3 heterocycles. The maximum atomic E-state index is 12.4. The molecule has 1 N–H and O–H groups in total. The van der Waals surface area contributed by atoms with Crippen molar-refractivity contribution in [1.82, 2.24) is 15.2 Å². The molecule has 1 aliphatic heterocycles. The van der Waals surface area contributed by atoms with Gasteiger partial charge in [-0.1, -0.05) is 18.6 Å². The molecule has 4 rings (SSSR count). The number of thiazole rings is 1. The van der Waals surface area contributed by atoms with Crippen molar-refractivity contribution in [2.75, 3.05) is 19.6 Å². The molecule has 3 aromatic rings. The smallest absolute Gasteiger partial charge is 0.220 e. The fraction of sp³-hybridized carbons (Fsp3) is 0.429. The van der Waals surface area contributed by atoms with Crippen molar-refractivity contribution in [3.8, 4) is 0 Å². The van der Waals surface area contributed by atoms with Gasteiger partial charge in [-0.05, 0) is 50.2 Å². The Labute approximate surface area is 163 Å². The Bertz CT molecular complexity index is 836. The van der Waals surface area contributed by atoms with Crippen LogP contribution in [-0.2, 0) is 11.2 Å². The van der Waals surface area contributed by atoms with Crippen LogP contribution in [0.5, 0.6) is 0 Å². The van der Waals surface area contributed by atoms with Crippen molar-refractivity contribution in [2.24, 2.45) is 0 Å². The monoisotopic (exact) mass is 383 g/mol. The van der Waals surface area contributed by atoms with Gasteiger partial charge in [0, 0.05) is 19.4 Å². The van der Waals surface area contributed by atoms with Crippen LogP contribution in [0.1, 0.15) is 42.5 Å². The minimum Gasteiger partial charge on any atom is -0.468 e. The van der Waals surface area contributed by atoms with Gasteiger partial charge in [0.2, 0.25) is 5.91 Å². The maximum absolute atomic E-state index is 12.4. The summed E-state index contributed by atoms with van der Waals surface area (Å²) in [5, 5.41) is 4.13. The van der Waals surface area contributed by atoms with E-state index in [1.54, 1.807) is 17.6 Å². The average Bonchev–Trinajstić information content (AvgIpc) is 3.37. The molecule has 0 aliphatic carbocycles. The average molecular weight is 384 g/mol. The number of para-hydroxylation sites is 1. The van der Waals surface area contributed by atoms with E-state index in [-0.39, 0.29) is 11.9 Å². The van der Waals surface area contributed by atoms with Gasteiger partial charge in [0.25, 0.3) is 0 Å². The molecule has 1 aliphatic rings. The zero-order chi connectivity index (χ0) is 18.5. The third kappa shape index (κ3) is 4.57. The number of carbonyl (C=O) groups is 1. The second-order valence-corrected chi connectivity index (χ2v) is 8.12. The largest absolute Gasteiger partial charge is 0.468 e. The van der Waals surface area contributed by atoms with E-state index in [1.807, 2.05) is 30.3 Å². The summed E-state index contributed by atoms with van der Waals surface area (Å²) in [7, 11) is 0. The van der Waals surface area contributed by atoms with Crippen LogP contribution in [-0.4, -0.2) is 35.4 Å². The molecular formula is C21H25N3O2S. The molecule has 0 saturated carbocycles. The van der Waals surface area contributed by atoms with Gasteiger partial charge in [0.15, 0.2) is 0 Å². The molecule has 27 heavy (non-hydrogen) atoms. The van der Waals surface area contributed by atoms with Crippen molar-refractivity contribution < 1.29 is 9.21 Å². The molecule has 1 aromatic carbocycles. The SMILES string of the molecule is O=C(CCc1nc2ccccc2s1)NCC(c1ccco1)N1CCCCC1. The standard InChI is InChI=1S/C21H25N3O2S/c25-20(10-11-21-23-16-7-2-3-9-19(16)27-21)22-15-17(18-8-6-14-26-18)24-12-4-1-5-13-24/h2-3,6-9,14,17H,1,4-5,10-13,15H2,(H,22,25). The predicted octanol–water partition coefficient (Wildman–Crippen LogP) is 4.17. The molecule has 0 bridgehead atoms. The summed E-state index contributed by atoms with van der Waals surface area (Å²) < 4.78 is 6.82. The molecule has 2 aromatic heterocycles. The van der Waals surface area contributed by atoms with Crippen LogP contribution in [0.4, 0.5) is 0 Å². The lowest BCUT2D eigenvalue weighted by molar-refractivity contribution is -0.121. The molecule has 1 amide bonds. The summed E-state index contributed by atoms with van der Waals surface area (Å²) in [4.78, 5) is 19.4. The van der Waals surface area contributed by atoms with Gasteiger partial charge >= 0.3 is 0 Å². The van der Waals surface area contributed by atoms with Gasteiger partial charge in [-0.25, -0.2) is 4.98 Å². The number of piperidine rings is 1. The Morgan fingerprint density at radius 1 is 1.19 bits per heavy atom. The van der Waals surface area contributed by atoms with Gasteiger partial charge in [-0.2, -0.15) is 0 Å². The van der Waals surface area contributed by atoms with Crippen LogP contribution in [0.15, 0.2) is 47.1 Å². The van der Waals surface area contributed by atoms with Crippen LogP contribution in [0.25, 0.3) is 10.2 Å². The maximum Gasteiger partial charge on any atom is 0.220 e. The first-order valence-electron chi connectivity index (χ1n) is 9.68. The summed E-state index contributed by atoms with van der Waals surface area (Å²) in [6.45, 7) is 2.71. The van der Waals surface area contributed by atoms with Gasteiger partial charge in [-0.15, -0.1) is 11.3 Å². The van der Waals surface area contributed by atoms with E-state index >= 15 is 0 Å². The number of nitrogens with zero attached hydrogens (tertiary/aromatic N) is 2. The number of hydrogen-bond acceptors (Lipinski definition) is 5. The molecule has 1 unspecified atom stereocenters. The number of hydrogen-bond donors (Lipinski definition) is 1. The molecule has 1 saturated heterocycles. The zero-order valence-corrected chi connectivity index (χ0v) is 16.2. The molecule has 142 valence electrons. The van der Waals surface area contributed by atoms with E-state index in [1.165, 1.54) is 24.0 Å². The highest BCUT2D eigenvalue weighted by molar-refractivity contribution is 7.18. The number of rotatable bonds is 7. The van der Waals surface area contributed by atoms with Crippen LogP contribution >= 0.6 is 11.3 Å². The summed E-state index contributed by atoms with van der Waals surface area (Å²) in [6.07, 6.45) is 6.56. The first-order chi connectivity index (χ1) is 13.3. The van der Waals surface area contributed by atoms with Crippen LogP contribution in [0.2, 0.25) is 0 Å². The van der Waals surface area contributed by atoms with Gasteiger partial charge < -0.3 is 9.73 Å². The third-order valence-electron chi connectivity index (χ3n) is 5.10. The predicted molar refractivity (Wildman–Crippen MR) is 108 cm³/mol. The first kappa shape index (κ1) is 18.2. The number of carbonyl (C=O) groups excluding carboxylic acids is 1. The van der Waals surface area contributed by atoms with Crippen LogP contribution < -0.4 is 5.32 Å². The molecule has 0 radical (unpaired) electrons. The lowest BCUT2D eigenvalue weighted by atomic mass is 10.1. The van der Waals surface area contributed by atoms with E-state index < -0.39 is 0 Å². The fourth-order valence-electron chi connectivity index (χ4n) is 3.67. The quantitative estimate of drug-likeness (QED) is 0.665. The number of fused-ring (bicyclic) bond motifs is 1. The number of benzene rings is 1. The summed E-state index contributed by atoms with van der Waals surface area (Å²) in [5.74, 6) is 1.01. The van der Waals surface area contributed by atoms with Crippen molar-refractivity contribution in [3.05, 3.63) is 53.4 Å². The lowest BCUT2D eigenvalue weighted by Gasteiger charge is -2.33. The lowest BCUT2D eigenvalue weighted by Crippen LogP contribution is -2.40. The van der Waals surface area contributed by atoms with Gasteiger partial charge in [0.05, 0.1) is 27.5 Å². The fourth-order valence-corrected chi connectivity index (χ4v) is 4.63. The van der Waals surface area contributed by atoms with Crippen molar-refractivity contribution in [2.45, 2.75) is 38.1 Å². The number of furan rings is 1. The van der Waals surface area contributed by atoms with E-state index in [2.05, 4.69) is 21.3 Å².